The second-order valence-corrected chi connectivity index (χ2v) is 9.49. The number of carbonyl (C=O) groups excluding carboxylic acids is 1. The fourth-order valence-corrected chi connectivity index (χ4v) is 5.89. The third kappa shape index (κ3) is 2.61. The zero-order valence-electron chi connectivity index (χ0n) is 17.2. The van der Waals surface area contributed by atoms with Crippen molar-refractivity contribution < 1.29 is 13.6 Å². The van der Waals surface area contributed by atoms with E-state index in [1.807, 2.05) is 29.1 Å². The summed E-state index contributed by atoms with van der Waals surface area (Å²) in [6.07, 6.45) is 6.26. The standard InChI is InChI=1S/C24H22F2N4O/c1-15-8-19(26)17(9-18(15)25)21-6-7-27-30(21)22(31)24-11-23(12-24,13-24)14-29-20-5-3-2-4-16(20)10-28-29/h2-5,7-10,21H,6,11-14H2,1H3. The number of aryl methyl sites for hydroxylation is 1. The van der Waals surface area contributed by atoms with Crippen LogP contribution in [0.5, 0.6) is 0 Å². The molecule has 3 saturated carbocycles. The van der Waals surface area contributed by atoms with Gasteiger partial charge in [-0.15, -0.1) is 0 Å². The van der Waals surface area contributed by atoms with E-state index in [9.17, 15) is 13.6 Å². The van der Waals surface area contributed by atoms with Gasteiger partial charge in [0, 0.05) is 30.1 Å². The number of amides is 1. The molecule has 4 aliphatic rings. The molecule has 0 saturated heterocycles. The molecule has 2 heterocycles. The quantitative estimate of drug-likeness (QED) is 0.612. The van der Waals surface area contributed by atoms with E-state index < -0.39 is 23.1 Å². The van der Waals surface area contributed by atoms with Crippen molar-refractivity contribution in [1.29, 1.82) is 0 Å². The Bertz CT molecular complexity index is 1240. The number of carbonyl (C=O) groups is 1. The van der Waals surface area contributed by atoms with Gasteiger partial charge in [-0.2, -0.15) is 10.2 Å². The summed E-state index contributed by atoms with van der Waals surface area (Å²) in [5.41, 5.74) is 1.21. The predicted molar refractivity (Wildman–Crippen MR) is 112 cm³/mol. The molecule has 0 N–H and O–H groups in total. The van der Waals surface area contributed by atoms with Gasteiger partial charge < -0.3 is 0 Å². The summed E-state index contributed by atoms with van der Waals surface area (Å²) in [6, 6.07) is 9.93. The first-order valence-corrected chi connectivity index (χ1v) is 10.6. The second-order valence-electron chi connectivity index (χ2n) is 9.49. The lowest BCUT2D eigenvalue weighted by molar-refractivity contribution is -0.223. The molecule has 5 nitrogen and oxygen atoms in total. The van der Waals surface area contributed by atoms with Gasteiger partial charge in [-0.25, -0.2) is 13.8 Å². The third-order valence-electron chi connectivity index (χ3n) is 7.31. The molecule has 1 atom stereocenters. The first-order valence-electron chi connectivity index (χ1n) is 10.6. The van der Waals surface area contributed by atoms with Crippen molar-refractivity contribution in [2.75, 3.05) is 0 Å². The highest BCUT2D eigenvalue weighted by molar-refractivity contribution is 5.88. The minimum Gasteiger partial charge on any atom is -0.272 e. The zero-order valence-corrected chi connectivity index (χ0v) is 17.2. The molecule has 0 radical (unpaired) electrons. The minimum atomic E-state index is -0.581. The van der Waals surface area contributed by atoms with Gasteiger partial charge in [0.1, 0.15) is 11.6 Å². The van der Waals surface area contributed by atoms with Crippen LogP contribution in [0.4, 0.5) is 8.78 Å². The lowest BCUT2D eigenvalue weighted by Gasteiger charge is -2.69. The van der Waals surface area contributed by atoms with E-state index >= 15 is 0 Å². The Hall–Kier alpha value is -3.09. The van der Waals surface area contributed by atoms with Crippen molar-refractivity contribution in [2.45, 2.75) is 45.2 Å². The number of benzene rings is 2. The average molecular weight is 420 g/mol. The van der Waals surface area contributed by atoms with E-state index in [-0.39, 0.29) is 22.4 Å². The van der Waals surface area contributed by atoms with Crippen molar-refractivity contribution in [3.05, 3.63) is 65.4 Å². The minimum absolute atomic E-state index is 0.0705. The molecular weight excluding hydrogens is 398 g/mol. The smallest absolute Gasteiger partial charge is 0.249 e. The summed E-state index contributed by atoms with van der Waals surface area (Å²) in [6.45, 7) is 2.32. The topological polar surface area (TPSA) is 50.5 Å². The molecule has 2 bridgehead atoms. The lowest BCUT2D eigenvalue weighted by Crippen LogP contribution is -2.68. The number of rotatable bonds is 4. The van der Waals surface area contributed by atoms with Crippen molar-refractivity contribution >= 4 is 23.0 Å². The van der Waals surface area contributed by atoms with Crippen LogP contribution in [0.15, 0.2) is 47.7 Å². The molecule has 1 aromatic heterocycles. The van der Waals surface area contributed by atoms with E-state index in [2.05, 4.69) is 16.3 Å². The third-order valence-corrected chi connectivity index (χ3v) is 7.31. The number of hydrazone groups is 1. The zero-order chi connectivity index (χ0) is 21.4. The van der Waals surface area contributed by atoms with Crippen molar-refractivity contribution in [2.24, 2.45) is 15.9 Å². The van der Waals surface area contributed by atoms with E-state index in [1.54, 1.807) is 6.21 Å². The van der Waals surface area contributed by atoms with Gasteiger partial charge in [-0.1, -0.05) is 18.2 Å². The molecule has 7 heteroatoms. The number of halogens is 2. The van der Waals surface area contributed by atoms with Crippen LogP contribution in [0.25, 0.3) is 10.9 Å². The fraction of sp³-hybridized carbons (Fsp3) is 0.375. The van der Waals surface area contributed by atoms with Crippen LogP contribution >= 0.6 is 0 Å². The Balaban J connectivity index is 1.19. The maximum absolute atomic E-state index is 14.6. The van der Waals surface area contributed by atoms with Crippen LogP contribution in [0.1, 0.15) is 42.9 Å². The first kappa shape index (κ1) is 18.7. The number of hydrogen-bond acceptors (Lipinski definition) is 3. The predicted octanol–water partition coefficient (Wildman–Crippen LogP) is 4.75. The van der Waals surface area contributed by atoms with Gasteiger partial charge in [-0.3, -0.25) is 9.48 Å². The molecule has 158 valence electrons. The van der Waals surface area contributed by atoms with E-state index in [0.29, 0.717) is 6.42 Å². The summed E-state index contributed by atoms with van der Waals surface area (Å²) >= 11 is 0. The van der Waals surface area contributed by atoms with E-state index in [1.165, 1.54) is 24.1 Å². The summed E-state index contributed by atoms with van der Waals surface area (Å²) in [5, 5.41) is 11.3. The van der Waals surface area contributed by atoms with Crippen molar-refractivity contribution in [3.8, 4) is 0 Å². The van der Waals surface area contributed by atoms with Crippen LogP contribution in [-0.4, -0.2) is 26.9 Å². The maximum Gasteiger partial charge on any atom is 0.249 e. The van der Waals surface area contributed by atoms with Gasteiger partial charge in [-0.05, 0) is 55.4 Å². The number of nitrogens with zero attached hydrogens (tertiary/aromatic N) is 4. The molecular formula is C24H22F2N4O. The number of hydrogen-bond donors (Lipinski definition) is 0. The van der Waals surface area contributed by atoms with Gasteiger partial charge in [0.15, 0.2) is 0 Å². The molecule has 2 aromatic carbocycles. The lowest BCUT2D eigenvalue weighted by atomic mass is 9.34. The maximum atomic E-state index is 14.6. The molecule has 1 aliphatic heterocycles. The molecule has 3 aliphatic carbocycles. The Morgan fingerprint density at radius 2 is 1.94 bits per heavy atom. The second kappa shape index (κ2) is 6.22. The Labute approximate surface area is 178 Å². The van der Waals surface area contributed by atoms with Gasteiger partial charge in [0.25, 0.3) is 0 Å². The molecule has 1 unspecified atom stereocenters. The van der Waals surface area contributed by atoms with Crippen LogP contribution in [0, 0.1) is 29.4 Å². The fourth-order valence-electron chi connectivity index (χ4n) is 5.89. The SMILES string of the molecule is Cc1cc(F)c(C2CC=NN2C(=O)C23CC(Cn4ncc5ccccc54)(C2)C3)cc1F. The Morgan fingerprint density at radius 1 is 1.16 bits per heavy atom. The summed E-state index contributed by atoms with van der Waals surface area (Å²) in [4.78, 5) is 13.4. The number of para-hydroxylation sites is 1. The summed E-state index contributed by atoms with van der Waals surface area (Å²) in [7, 11) is 0. The molecule has 7 rings (SSSR count). The molecule has 3 aromatic rings. The van der Waals surface area contributed by atoms with E-state index in [4.69, 9.17) is 0 Å². The van der Waals surface area contributed by atoms with Gasteiger partial charge in [0.2, 0.25) is 5.91 Å². The van der Waals surface area contributed by atoms with Crippen molar-refractivity contribution in [3.63, 3.8) is 0 Å². The Kier molecular flexibility index (Phi) is 3.74. The molecule has 1 amide bonds. The highest BCUT2D eigenvalue weighted by Gasteiger charge is 2.72. The van der Waals surface area contributed by atoms with Gasteiger partial charge in [0.05, 0.1) is 23.2 Å². The highest BCUT2D eigenvalue weighted by atomic mass is 19.1. The van der Waals surface area contributed by atoms with Crippen LogP contribution in [0.2, 0.25) is 0 Å². The highest BCUT2D eigenvalue weighted by Crippen LogP contribution is 2.74. The van der Waals surface area contributed by atoms with Crippen LogP contribution in [0.3, 0.4) is 0 Å². The largest absolute Gasteiger partial charge is 0.272 e. The summed E-state index contributed by atoms with van der Waals surface area (Å²) < 4.78 is 30.7. The Morgan fingerprint density at radius 3 is 2.74 bits per heavy atom. The average Bonchev–Trinajstić information content (AvgIpc) is 3.33. The monoisotopic (exact) mass is 420 g/mol. The van der Waals surface area contributed by atoms with E-state index in [0.717, 1.165) is 36.7 Å². The molecule has 0 spiro atoms. The number of aromatic nitrogens is 2. The summed E-state index contributed by atoms with van der Waals surface area (Å²) in [5.74, 6) is -1.03. The number of fused-ring (bicyclic) bond motifs is 1. The normalized spacial score (nSPS) is 28.6. The van der Waals surface area contributed by atoms with Gasteiger partial charge >= 0.3 is 0 Å². The first-order chi connectivity index (χ1) is 14.9. The van der Waals surface area contributed by atoms with Crippen LogP contribution < -0.4 is 0 Å². The van der Waals surface area contributed by atoms with Crippen molar-refractivity contribution in [1.82, 2.24) is 14.8 Å². The molecule has 31 heavy (non-hydrogen) atoms. The van der Waals surface area contributed by atoms with Crippen LogP contribution in [-0.2, 0) is 11.3 Å². The molecule has 3 fully saturated rings.